The molecule has 0 spiro atoms. The Hall–Kier alpha value is -1.62. The van der Waals surface area contributed by atoms with E-state index in [1.807, 2.05) is 20.8 Å². The van der Waals surface area contributed by atoms with Gasteiger partial charge in [0, 0.05) is 6.08 Å². The maximum absolute atomic E-state index is 11.6. The molecule has 19 heavy (non-hydrogen) atoms. The molecular weight excluding hydrogens is 246 g/mol. The molecule has 0 aliphatic heterocycles. The summed E-state index contributed by atoms with van der Waals surface area (Å²) in [4.78, 5) is 22.4. The van der Waals surface area contributed by atoms with Crippen molar-refractivity contribution in [3.63, 3.8) is 0 Å². The van der Waals surface area contributed by atoms with E-state index in [2.05, 4.69) is 11.4 Å². The highest BCUT2D eigenvalue weighted by Gasteiger charge is 2.24. The molecule has 2 atom stereocenters. The summed E-state index contributed by atoms with van der Waals surface area (Å²) in [5.74, 6) is -1.75. The highest BCUT2D eigenvalue weighted by molar-refractivity contribution is 5.91. The molecule has 0 aromatic carbocycles. The van der Waals surface area contributed by atoms with Gasteiger partial charge < -0.3 is 15.5 Å². The first-order chi connectivity index (χ1) is 8.73. The fourth-order valence-corrected chi connectivity index (χ4v) is 1.47. The molecule has 0 fully saturated rings. The van der Waals surface area contributed by atoms with Crippen LogP contribution < -0.4 is 5.32 Å². The monoisotopic (exact) mass is 269 g/mol. The zero-order valence-electron chi connectivity index (χ0n) is 11.9. The number of amides is 1. The Morgan fingerprint density at radius 2 is 1.84 bits per heavy atom. The predicted molar refractivity (Wildman–Crippen MR) is 73.7 cm³/mol. The van der Waals surface area contributed by atoms with Crippen LogP contribution in [-0.4, -0.2) is 34.2 Å². The lowest BCUT2D eigenvalue weighted by atomic mass is 10.1. The molecule has 0 aromatic rings. The van der Waals surface area contributed by atoms with Crippen molar-refractivity contribution < 1.29 is 19.8 Å². The summed E-state index contributed by atoms with van der Waals surface area (Å²) >= 11 is 0. The normalized spacial score (nSPS) is 14.5. The van der Waals surface area contributed by atoms with Gasteiger partial charge in [0.1, 0.15) is 0 Å². The van der Waals surface area contributed by atoms with Gasteiger partial charge in [0.2, 0.25) is 5.91 Å². The molecule has 0 saturated heterocycles. The van der Waals surface area contributed by atoms with Crippen LogP contribution in [0.25, 0.3) is 0 Å². The third-order valence-corrected chi connectivity index (χ3v) is 2.51. The first-order valence-electron chi connectivity index (χ1n) is 6.26. The average Bonchev–Trinajstić information content (AvgIpc) is 2.24. The SMILES string of the molecule is CC(C)=CCCC(C)=CC(=O)NC(C(=O)O)C(C)O. The summed E-state index contributed by atoms with van der Waals surface area (Å²) < 4.78 is 0. The Morgan fingerprint density at radius 3 is 2.26 bits per heavy atom. The Balaban J connectivity index is 4.42. The van der Waals surface area contributed by atoms with Crippen molar-refractivity contribution in [3.05, 3.63) is 23.3 Å². The molecule has 0 rings (SSSR count). The van der Waals surface area contributed by atoms with E-state index in [1.165, 1.54) is 18.6 Å². The lowest BCUT2D eigenvalue weighted by Crippen LogP contribution is -2.47. The predicted octanol–water partition coefficient (Wildman–Crippen LogP) is 1.63. The smallest absolute Gasteiger partial charge is 0.328 e. The Bertz CT molecular complexity index is 379. The summed E-state index contributed by atoms with van der Waals surface area (Å²) in [6, 6.07) is -1.28. The summed E-state index contributed by atoms with van der Waals surface area (Å²) in [6.45, 7) is 7.15. The Kier molecular flexibility index (Phi) is 7.75. The summed E-state index contributed by atoms with van der Waals surface area (Å²) in [5, 5.41) is 20.3. The van der Waals surface area contributed by atoms with E-state index >= 15 is 0 Å². The summed E-state index contributed by atoms with van der Waals surface area (Å²) in [6.07, 6.45) is 3.89. The number of allylic oxidation sites excluding steroid dienone is 3. The van der Waals surface area contributed by atoms with Gasteiger partial charge >= 0.3 is 5.97 Å². The summed E-state index contributed by atoms with van der Waals surface area (Å²) in [5.41, 5.74) is 2.09. The molecule has 0 radical (unpaired) electrons. The van der Waals surface area contributed by atoms with E-state index < -0.39 is 24.0 Å². The minimum absolute atomic E-state index is 0.497. The second-order valence-electron chi connectivity index (χ2n) is 4.88. The third-order valence-electron chi connectivity index (χ3n) is 2.51. The quantitative estimate of drug-likeness (QED) is 0.484. The van der Waals surface area contributed by atoms with Gasteiger partial charge in [0.25, 0.3) is 0 Å². The standard InChI is InChI=1S/C14H23NO4/c1-9(2)6-5-7-10(3)8-12(17)15-13(11(4)16)14(18)19/h6,8,11,13,16H,5,7H2,1-4H3,(H,15,17)(H,18,19). The van der Waals surface area contributed by atoms with Crippen molar-refractivity contribution in [1.29, 1.82) is 0 Å². The molecular formula is C14H23NO4. The number of carboxylic acid groups (broad SMARTS) is 1. The molecule has 2 unspecified atom stereocenters. The number of carbonyl (C=O) groups is 2. The van der Waals surface area contributed by atoms with Crippen molar-refractivity contribution in [2.45, 2.75) is 52.7 Å². The lowest BCUT2D eigenvalue weighted by molar-refractivity contribution is -0.144. The van der Waals surface area contributed by atoms with Crippen LogP contribution in [0, 0.1) is 0 Å². The number of aliphatic hydroxyl groups excluding tert-OH is 1. The zero-order valence-corrected chi connectivity index (χ0v) is 11.9. The van der Waals surface area contributed by atoms with Crippen molar-refractivity contribution in [2.24, 2.45) is 0 Å². The second-order valence-corrected chi connectivity index (χ2v) is 4.88. The molecule has 108 valence electrons. The lowest BCUT2D eigenvalue weighted by Gasteiger charge is -2.16. The number of nitrogens with one attached hydrogen (secondary N) is 1. The van der Waals surface area contributed by atoms with E-state index in [0.717, 1.165) is 18.4 Å². The molecule has 5 nitrogen and oxygen atoms in total. The molecule has 5 heteroatoms. The molecule has 3 N–H and O–H groups in total. The first-order valence-corrected chi connectivity index (χ1v) is 6.26. The zero-order chi connectivity index (χ0) is 15.0. The average molecular weight is 269 g/mol. The van der Waals surface area contributed by atoms with Crippen LogP contribution in [0.4, 0.5) is 0 Å². The van der Waals surface area contributed by atoms with Crippen LogP contribution in [0.15, 0.2) is 23.3 Å². The van der Waals surface area contributed by atoms with Crippen molar-refractivity contribution >= 4 is 11.9 Å². The number of carbonyl (C=O) groups excluding carboxylic acids is 1. The molecule has 0 bridgehead atoms. The van der Waals surface area contributed by atoms with E-state index in [4.69, 9.17) is 5.11 Å². The van der Waals surface area contributed by atoms with Gasteiger partial charge in [0.15, 0.2) is 6.04 Å². The first kappa shape index (κ1) is 17.4. The van der Waals surface area contributed by atoms with Gasteiger partial charge in [-0.3, -0.25) is 4.79 Å². The minimum atomic E-state index is -1.28. The van der Waals surface area contributed by atoms with Crippen molar-refractivity contribution in [3.8, 4) is 0 Å². The van der Waals surface area contributed by atoms with E-state index in [1.54, 1.807) is 0 Å². The number of aliphatic hydroxyl groups is 1. The summed E-state index contributed by atoms with van der Waals surface area (Å²) in [7, 11) is 0. The van der Waals surface area contributed by atoms with Crippen LogP contribution in [0.3, 0.4) is 0 Å². The third kappa shape index (κ3) is 8.15. The second kappa shape index (κ2) is 8.48. The molecule has 1 amide bonds. The molecule has 0 aliphatic rings. The van der Waals surface area contributed by atoms with Gasteiger partial charge in [-0.1, -0.05) is 17.2 Å². The van der Waals surface area contributed by atoms with Gasteiger partial charge in [0.05, 0.1) is 6.10 Å². The Morgan fingerprint density at radius 1 is 1.26 bits per heavy atom. The van der Waals surface area contributed by atoms with Crippen molar-refractivity contribution in [2.75, 3.05) is 0 Å². The van der Waals surface area contributed by atoms with Crippen LogP contribution in [-0.2, 0) is 9.59 Å². The van der Waals surface area contributed by atoms with Gasteiger partial charge in [-0.15, -0.1) is 0 Å². The maximum Gasteiger partial charge on any atom is 0.328 e. The topological polar surface area (TPSA) is 86.6 Å². The fourth-order valence-electron chi connectivity index (χ4n) is 1.47. The molecule has 0 aromatic heterocycles. The van der Waals surface area contributed by atoms with Crippen LogP contribution >= 0.6 is 0 Å². The fraction of sp³-hybridized carbons (Fsp3) is 0.571. The van der Waals surface area contributed by atoms with Crippen LogP contribution in [0.5, 0.6) is 0 Å². The van der Waals surface area contributed by atoms with Gasteiger partial charge in [-0.05, 0) is 40.5 Å². The van der Waals surface area contributed by atoms with E-state index in [0.29, 0.717) is 0 Å². The number of hydrogen-bond donors (Lipinski definition) is 3. The highest BCUT2D eigenvalue weighted by atomic mass is 16.4. The largest absolute Gasteiger partial charge is 0.480 e. The van der Waals surface area contributed by atoms with Gasteiger partial charge in [-0.25, -0.2) is 4.79 Å². The number of aliphatic carboxylic acids is 1. The van der Waals surface area contributed by atoms with Crippen molar-refractivity contribution in [1.82, 2.24) is 5.32 Å². The molecule has 0 aliphatic carbocycles. The number of carboxylic acids is 1. The number of hydrogen-bond acceptors (Lipinski definition) is 3. The highest BCUT2D eigenvalue weighted by Crippen LogP contribution is 2.06. The minimum Gasteiger partial charge on any atom is -0.480 e. The Labute approximate surface area is 114 Å². The molecule has 0 saturated carbocycles. The molecule has 0 heterocycles. The van der Waals surface area contributed by atoms with Gasteiger partial charge in [-0.2, -0.15) is 0 Å². The maximum atomic E-state index is 11.6. The van der Waals surface area contributed by atoms with E-state index in [-0.39, 0.29) is 0 Å². The van der Waals surface area contributed by atoms with E-state index in [9.17, 15) is 14.7 Å². The number of rotatable bonds is 7. The van der Waals surface area contributed by atoms with Crippen LogP contribution in [0.1, 0.15) is 40.5 Å². The van der Waals surface area contributed by atoms with Crippen LogP contribution in [0.2, 0.25) is 0 Å².